The molecule has 1 spiro atoms. The van der Waals surface area contributed by atoms with Crippen molar-refractivity contribution in [2.45, 2.75) is 18.9 Å². The van der Waals surface area contributed by atoms with Gasteiger partial charge in [-0.1, -0.05) is 28.7 Å². The van der Waals surface area contributed by atoms with Crippen LogP contribution >= 0.6 is 11.6 Å². The largest absolute Gasteiger partial charge is 0.384 e. The minimum absolute atomic E-state index is 0.00432. The highest BCUT2D eigenvalue weighted by atomic mass is 35.5. The third-order valence-electron chi connectivity index (χ3n) is 4.46. The lowest BCUT2D eigenvalue weighted by Crippen LogP contribution is -2.62. The van der Waals surface area contributed by atoms with Gasteiger partial charge in [-0.15, -0.1) is 0 Å². The van der Waals surface area contributed by atoms with Crippen molar-refractivity contribution in [2.24, 2.45) is 5.16 Å². The summed E-state index contributed by atoms with van der Waals surface area (Å²) in [5, 5.41) is 16.0. The van der Waals surface area contributed by atoms with Crippen LogP contribution in [0.3, 0.4) is 0 Å². The van der Waals surface area contributed by atoms with Gasteiger partial charge < -0.3 is 9.74 Å². The lowest BCUT2D eigenvalue weighted by Gasteiger charge is -2.45. The second-order valence-electron chi connectivity index (χ2n) is 6.66. The molecule has 2 aromatic rings. The fraction of sp³-hybridized carbons (Fsp3) is 0.263. The summed E-state index contributed by atoms with van der Waals surface area (Å²) in [7, 11) is 0. The Morgan fingerprint density at radius 2 is 2.11 bits per heavy atom. The zero-order valence-corrected chi connectivity index (χ0v) is 15.2. The van der Waals surface area contributed by atoms with E-state index in [4.69, 9.17) is 16.4 Å². The smallest absolute Gasteiger partial charge is 0.311 e. The number of nitro groups is 1. The summed E-state index contributed by atoms with van der Waals surface area (Å²) in [5.74, 6) is 6.41. The van der Waals surface area contributed by atoms with Crippen molar-refractivity contribution >= 4 is 28.8 Å². The molecule has 1 saturated heterocycles. The van der Waals surface area contributed by atoms with Crippen LogP contribution in [0.4, 0.5) is 11.5 Å². The second kappa shape index (κ2) is 6.56. The number of benzene rings is 1. The van der Waals surface area contributed by atoms with Crippen LogP contribution < -0.4 is 4.90 Å². The van der Waals surface area contributed by atoms with Gasteiger partial charge in [0, 0.05) is 28.8 Å². The third kappa shape index (κ3) is 3.44. The number of rotatable bonds is 2. The van der Waals surface area contributed by atoms with Gasteiger partial charge in [-0.3, -0.25) is 10.1 Å². The van der Waals surface area contributed by atoms with E-state index in [1.807, 2.05) is 24.0 Å². The van der Waals surface area contributed by atoms with E-state index in [9.17, 15) is 10.1 Å². The Hall–Kier alpha value is -3.11. The molecule has 3 heterocycles. The Kier molecular flexibility index (Phi) is 4.21. The number of oxime groups is 1. The first-order chi connectivity index (χ1) is 12.9. The van der Waals surface area contributed by atoms with Crippen LogP contribution in [0.5, 0.6) is 0 Å². The number of hydrogen-bond donors (Lipinski definition) is 0. The van der Waals surface area contributed by atoms with Gasteiger partial charge in [-0.25, -0.2) is 4.98 Å². The summed E-state index contributed by atoms with van der Waals surface area (Å²) in [6, 6.07) is 10.4. The summed E-state index contributed by atoms with van der Waals surface area (Å²) < 4.78 is 0. The Labute approximate surface area is 160 Å². The predicted molar refractivity (Wildman–Crippen MR) is 102 cm³/mol. The van der Waals surface area contributed by atoms with Crippen molar-refractivity contribution in [1.82, 2.24) is 4.98 Å². The molecule has 7 nitrogen and oxygen atoms in total. The molecule has 0 bridgehead atoms. The molecule has 8 heteroatoms. The lowest BCUT2D eigenvalue weighted by atomic mass is 9.88. The number of aryl methyl sites for hydroxylation is 1. The van der Waals surface area contributed by atoms with Crippen LogP contribution in [-0.2, 0) is 4.84 Å². The molecule has 0 unspecified atom stereocenters. The number of aromatic nitrogens is 1. The zero-order valence-electron chi connectivity index (χ0n) is 14.5. The van der Waals surface area contributed by atoms with E-state index in [0.717, 1.165) is 11.3 Å². The van der Waals surface area contributed by atoms with Crippen LogP contribution in [0.2, 0.25) is 5.02 Å². The molecule has 2 aliphatic rings. The van der Waals surface area contributed by atoms with Crippen LogP contribution in [0, 0.1) is 28.9 Å². The maximum absolute atomic E-state index is 11.2. The van der Waals surface area contributed by atoms with Crippen molar-refractivity contribution in [3.63, 3.8) is 0 Å². The highest BCUT2D eigenvalue weighted by Gasteiger charge is 2.51. The maximum Gasteiger partial charge on any atom is 0.311 e. The lowest BCUT2D eigenvalue weighted by molar-refractivity contribution is -0.384. The molecule has 1 aromatic heterocycles. The number of pyridine rings is 1. The average molecular weight is 383 g/mol. The molecule has 0 atom stereocenters. The fourth-order valence-corrected chi connectivity index (χ4v) is 3.37. The molecule has 4 rings (SSSR count). The van der Waals surface area contributed by atoms with Gasteiger partial charge in [0.05, 0.1) is 18.0 Å². The summed E-state index contributed by atoms with van der Waals surface area (Å²) in [4.78, 5) is 22.6. The van der Waals surface area contributed by atoms with Gasteiger partial charge in [0.2, 0.25) is 5.82 Å². The van der Waals surface area contributed by atoms with Crippen molar-refractivity contribution in [3.05, 3.63) is 62.8 Å². The second-order valence-corrected chi connectivity index (χ2v) is 7.09. The first kappa shape index (κ1) is 17.3. The summed E-state index contributed by atoms with van der Waals surface area (Å²) >= 11 is 5.96. The Morgan fingerprint density at radius 3 is 2.85 bits per heavy atom. The number of nitrogens with zero attached hydrogens (tertiary/aromatic N) is 4. The van der Waals surface area contributed by atoms with Gasteiger partial charge in [0.1, 0.15) is 5.71 Å². The molecule has 0 aliphatic carbocycles. The van der Waals surface area contributed by atoms with Gasteiger partial charge in [0.25, 0.3) is 0 Å². The molecule has 0 radical (unpaired) electrons. The van der Waals surface area contributed by atoms with E-state index in [1.165, 1.54) is 6.07 Å². The molecule has 0 saturated carbocycles. The quantitative estimate of drug-likeness (QED) is 0.452. The van der Waals surface area contributed by atoms with E-state index in [0.29, 0.717) is 36.1 Å². The van der Waals surface area contributed by atoms with Crippen LogP contribution in [0.15, 0.2) is 41.6 Å². The van der Waals surface area contributed by atoms with Crippen LogP contribution in [0.25, 0.3) is 0 Å². The number of hydrogen-bond acceptors (Lipinski definition) is 6. The summed E-state index contributed by atoms with van der Waals surface area (Å²) in [5.41, 5.74) is 1.70. The molecule has 0 N–H and O–H groups in total. The van der Waals surface area contributed by atoms with E-state index in [2.05, 4.69) is 22.0 Å². The van der Waals surface area contributed by atoms with E-state index < -0.39 is 10.5 Å². The molecule has 1 fully saturated rings. The van der Waals surface area contributed by atoms with E-state index in [-0.39, 0.29) is 5.69 Å². The topological polar surface area (TPSA) is 80.9 Å². The summed E-state index contributed by atoms with van der Waals surface area (Å²) in [6.07, 6.45) is 0.566. The first-order valence-corrected chi connectivity index (χ1v) is 8.72. The normalized spacial score (nSPS) is 16.8. The van der Waals surface area contributed by atoms with Gasteiger partial charge in [0.15, 0.2) is 5.60 Å². The molecular formula is C19H15ClN4O3. The van der Waals surface area contributed by atoms with E-state index >= 15 is 0 Å². The Balaban J connectivity index is 1.44. The third-order valence-corrected chi connectivity index (χ3v) is 4.70. The first-order valence-electron chi connectivity index (χ1n) is 8.34. The Bertz CT molecular complexity index is 1020. The van der Waals surface area contributed by atoms with Gasteiger partial charge >= 0.3 is 5.69 Å². The predicted octanol–water partition coefficient (Wildman–Crippen LogP) is 3.34. The van der Waals surface area contributed by atoms with E-state index in [1.54, 1.807) is 18.2 Å². The molecule has 136 valence electrons. The molecule has 1 aromatic carbocycles. The Morgan fingerprint density at radius 1 is 1.30 bits per heavy atom. The minimum atomic E-state index is -0.488. The highest BCUT2D eigenvalue weighted by molar-refractivity contribution is 6.30. The maximum atomic E-state index is 11.2. The molecular weight excluding hydrogens is 368 g/mol. The van der Waals surface area contributed by atoms with Crippen molar-refractivity contribution < 1.29 is 9.76 Å². The summed E-state index contributed by atoms with van der Waals surface area (Å²) in [6.45, 7) is 2.77. The van der Waals surface area contributed by atoms with Crippen LogP contribution in [-0.4, -0.2) is 34.3 Å². The van der Waals surface area contributed by atoms with Crippen LogP contribution in [0.1, 0.15) is 17.7 Å². The molecule has 2 aliphatic heterocycles. The SMILES string of the molecule is Cc1ccc([N+](=O)[O-])c(N2CC3(CC(C#Cc4cccc(Cl)c4)=NO3)C2)n1. The molecule has 27 heavy (non-hydrogen) atoms. The van der Waals surface area contributed by atoms with Crippen molar-refractivity contribution in [1.29, 1.82) is 0 Å². The standard InChI is InChI=1S/C19H15ClN4O3/c1-13-5-8-17(24(25)26)18(21-13)23-11-19(12-23)10-16(22-27-19)7-6-14-3-2-4-15(20)9-14/h2-5,8-9H,10-12H2,1H3. The van der Waals surface area contributed by atoms with Gasteiger partial charge in [-0.2, -0.15) is 0 Å². The minimum Gasteiger partial charge on any atom is -0.384 e. The number of anilines is 1. The zero-order chi connectivity index (χ0) is 19.0. The van der Waals surface area contributed by atoms with Gasteiger partial charge in [-0.05, 0) is 37.1 Å². The van der Waals surface area contributed by atoms with Crippen molar-refractivity contribution in [3.8, 4) is 11.8 Å². The average Bonchev–Trinajstić information content (AvgIpc) is 3.03. The molecule has 0 amide bonds. The monoisotopic (exact) mass is 382 g/mol. The highest BCUT2D eigenvalue weighted by Crippen LogP contribution is 2.39. The fourth-order valence-electron chi connectivity index (χ4n) is 3.18. The van der Waals surface area contributed by atoms with Crippen molar-refractivity contribution in [2.75, 3.05) is 18.0 Å². The number of halogens is 1.